The summed E-state index contributed by atoms with van der Waals surface area (Å²) in [7, 11) is 0. The highest BCUT2D eigenvalue weighted by Crippen LogP contribution is 2.29. The summed E-state index contributed by atoms with van der Waals surface area (Å²) in [4.78, 5) is 22.6. The SMILES string of the molecule is C=C(F)C(=O)Oc1cccc(-c2ccc3cc(OC(=O)C(=C)F)ccc3c2)c1. The van der Waals surface area contributed by atoms with Crippen LogP contribution in [-0.2, 0) is 9.59 Å². The lowest BCUT2D eigenvalue weighted by atomic mass is 10.0. The van der Waals surface area contributed by atoms with E-state index in [1.165, 1.54) is 12.1 Å². The Morgan fingerprint density at radius 2 is 1.21 bits per heavy atom. The number of carbonyl (C=O) groups is 2. The monoisotopic (exact) mass is 380 g/mol. The normalized spacial score (nSPS) is 10.4. The van der Waals surface area contributed by atoms with Gasteiger partial charge in [0, 0.05) is 0 Å². The number of halogens is 2. The van der Waals surface area contributed by atoms with E-state index in [0.29, 0.717) is 0 Å². The fourth-order valence-corrected chi connectivity index (χ4v) is 2.53. The predicted octanol–water partition coefficient (Wildman–Crippen LogP) is 5.28. The van der Waals surface area contributed by atoms with Crippen LogP contribution in [0.15, 0.2) is 85.5 Å². The summed E-state index contributed by atoms with van der Waals surface area (Å²) in [5.74, 6) is -4.25. The standard InChI is InChI=1S/C22H14F2O4/c1-13(23)21(25)27-19-5-3-4-15(11-19)16-6-7-18-12-20(9-8-17(18)10-16)28-22(26)14(2)24/h3-12H,1-2H2. The van der Waals surface area contributed by atoms with Crippen molar-refractivity contribution in [1.29, 1.82) is 0 Å². The van der Waals surface area contributed by atoms with Gasteiger partial charge >= 0.3 is 11.9 Å². The molecule has 3 aromatic rings. The molecule has 28 heavy (non-hydrogen) atoms. The topological polar surface area (TPSA) is 52.6 Å². The largest absolute Gasteiger partial charge is 0.421 e. The number of carbonyl (C=O) groups excluding carboxylic acids is 2. The Labute approximate surface area is 159 Å². The number of esters is 2. The predicted molar refractivity (Wildman–Crippen MR) is 101 cm³/mol. The van der Waals surface area contributed by atoms with Crippen LogP contribution < -0.4 is 9.47 Å². The first-order valence-electron chi connectivity index (χ1n) is 8.11. The molecule has 3 aromatic carbocycles. The molecule has 0 unspecified atom stereocenters. The van der Waals surface area contributed by atoms with Crippen LogP contribution in [0.25, 0.3) is 21.9 Å². The van der Waals surface area contributed by atoms with Gasteiger partial charge in [-0.25, -0.2) is 9.59 Å². The molecule has 6 heteroatoms. The Morgan fingerprint density at radius 1 is 0.679 bits per heavy atom. The molecule has 4 nitrogen and oxygen atoms in total. The molecule has 0 fully saturated rings. The van der Waals surface area contributed by atoms with Crippen molar-refractivity contribution in [2.24, 2.45) is 0 Å². The summed E-state index contributed by atoms with van der Waals surface area (Å²) in [6, 6.07) is 17.0. The molecule has 140 valence electrons. The molecule has 0 heterocycles. The molecule has 0 saturated carbocycles. The van der Waals surface area contributed by atoms with Crippen LogP contribution in [-0.4, -0.2) is 11.9 Å². The van der Waals surface area contributed by atoms with Crippen LogP contribution in [0.3, 0.4) is 0 Å². The highest BCUT2D eigenvalue weighted by atomic mass is 19.1. The van der Waals surface area contributed by atoms with Gasteiger partial charge in [-0.1, -0.05) is 43.5 Å². The molecule has 0 aliphatic heterocycles. The molecule has 0 aliphatic rings. The Bertz CT molecular complexity index is 1120. The van der Waals surface area contributed by atoms with Crippen LogP contribution in [0, 0.1) is 0 Å². The van der Waals surface area contributed by atoms with E-state index in [4.69, 9.17) is 9.47 Å². The molecular weight excluding hydrogens is 366 g/mol. The molecule has 0 aliphatic carbocycles. The zero-order valence-electron chi connectivity index (χ0n) is 14.6. The number of benzene rings is 3. The Kier molecular flexibility index (Phi) is 5.31. The van der Waals surface area contributed by atoms with E-state index in [9.17, 15) is 18.4 Å². The maximum absolute atomic E-state index is 12.8. The zero-order valence-corrected chi connectivity index (χ0v) is 14.6. The number of fused-ring (bicyclic) bond motifs is 1. The van der Waals surface area contributed by atoms with E-state index in [0.717, 1.165) is 21.9 Å². The fraction of sp³-hybridized carbons (Fsp3) is 0. The number of rotatable bonds is 5. The summed E-state index contributed by atoms with van der Waals surface area (Å²) < 4.78 is 35.3. The lowest BCUT2D eigenvalue weighted by Crippen LogP contribution is -2.07. The summed E-state index contributed by atoms with van der Waals surface area (Å²) >= 11 is 0. The van der Waals surface area contributed by atoms with Crippen molar-refractivity contribution >= 4 is 22.7 Å². The van der Waals surface area contributed by atoms with Crippen molar-refractivity contribution in [1.82, 2.24) is 0 Å². The average molecular weight is 380 g/mol. The second-order valence-corrected chi connectivity index (χ2v) is 5.84. The minimum Gasteiger partial charge on any atom is -0.421 e. The van der Waals surface area contributed by atoms with Gasteiger partial charge < -0.3 is 9.47 Å². The first-order valence-corrected chi connectivity index (χ1v) is 8.11. The third-order valence-corrected chi connectivity index (χ3v) is 3.84. The molecule has 0 bridgehead atoms. The first-order chi connectivity index (χ1) is 13.3. The molecule has 0 saturated heterocycles. The van der Waals surface area contributed by atoms with Gasteiger partial charge in [0.25, 0.3) is 0 Å². The van der Waals surface area contributed by atoms with Gasteiger partial charge in [0.1, 0.15) is 11.5 Å². The van der Waals surface area contributed by atoms with E-state index < -0.39 is 23.6 Å². The average Bonchev–Trinajstić information content (AvgIpc) is 2.67. The van der Waals surface area contributed by atoms with Crippen molar-refractivity contribution in [2.45, 2.75) is 0 Å². The van der Waals surface area contributed by atoms with Crippen molar-refractivity contribution < 1.29 is 27.8 Å². The minimum atomic E-state index is -1.18. The highest BCUT2D eigenvalue weighted by Gasteiger charge is 2.11. The summed E-state index contributed by atoms with van der Waals surface area (Å²) in [5, 5.41) is 1.62. The van der Waals surface area contributed by atoms with Crippen LogP contribution in [0.2, 0.25) is 0 Å². The van der Waals surface area contributed by atoms with Crippen molar-refractivity contribution in [3.05, 3.63) is 85.5 Å². The number of ether oxygens (including phenoxy) is 2. The van der Waals surface area contributed by atoms with Crippen LogP contribution >= 0.6 is 0 Å². The molecule has 0 atom stereocenters. The second-order valence-electron chi connectivity index (χ2n) is 5.84. The second kappa shape index (κ2) is 7.84. The molecule has 0 amide bonds. The Hall–Kier alpha value is -3.80. The van der Waals surface area contributed by atoms with Gasteiger partial charge in [0.15, 0.2) is 0 Å². The minimum absolute atomic E-state index is 0.190. The van der Waals surface area contributed by atoms with Crippen LogP contribution in [0.4, 0.5) is 8.78 Å². The summed E-state index contributed by atoms with van der Waals surface area (Å²) in [6.07, 6.45) is 0. The van der Waals surface area contributed by atoms with E-state index in [2.05, 4.69) is 13.2 Å². The summed E-state index contributed by atoms with van der Waals surface area (Å²) in [5.41, 5.74) is 1.58. The molecule has 0 radical (unpaired) electrons. The van der Waals surface area contributed by atoms with E-state index in [-0.39, 0.29) is 11.5 Å². The smallest absolute Gasteiger partial charge is 0.371 e. The maximum atomic E-state index is 12.8. The van der Waals surface area contributed by atoms with Crippen LogP contribution in [0.5, 0.6) is 11.5 Å². The quantitative estimate of drug-likeness (QED) is 0.343. The fourth-order valence-electron chi connectivity index (χ4n) is 2.53. The Morgan fingerprint density at radius 3 is 1.86 bits per heavy atom. The van der Waals surface area contributed by atoms with Crippen molar-refractivity contribution in [2.75, 3.05) is 0 Å². The van der Waals surface area contributed by atoms with Gasteiger partial charge in [-0.3, -0.25) is 0 Å². The first kappa shape index (κ1) is 19.0. The number of hydrogen-bond acceptors (Lipinski definition) is 4. The van der Waals surface area contributed by atoms with Gasteiger partial charge in [-0.15, -0.1) is 0 Å². The molecule has 0 aromatic heterocycles. The molecule has 0 spiro atoms. The van der Waals surface area contributed by atoms with Gasteiger partial charge in [0.2, 0.25) is 11.7 Å². The van der Waals surface area contributed by atoms with Crippen molar-refractivity contribution in [3.63, 3.8) is 0 Å². The van der Waals surface area contributed by atoms with Crippen LogP contribution in [0.1, 0.15) is 0 Å². The molecular formula is C22H14F2O4. The van der Waals surface area contributed by atoms with E-state index in [1.54, 1.807) is 30.3 Å². The number of hydrogen-bond donors (Lipinski definition) is 0. The third-order valence-electron chi connectivity index (χ3n) is 3.84. The lowest BCUT2D eigenvalue weighted by molar-refractivity contribution is -0.132. The maximum Gasteiger partial charge on any atom is 0.371 e. The van der Waals surface area contributed by atoms with Gasteiger partial charge in [-0.05, 0) is 52.2 Å². The highest BCUT2D eigenvalue weighted by molar-refractivity contribution is 5.91. The molecule has 3 rings (SSSR count). The van der Waals surface area contributed by atoms with E-state index >= 15 is 0 Å². The summed E-state index contributed by atoms with van der Waals surface area (Å²) in [6.45, 7) is 5.80. The third kappa shape index (κ3) is 4.29. The zero-order chi connectivity index (χ0) is 20.3. The Balaban J connectivity index is 1.88. The molecule has 0 N–H and O–H groups in total. The lowest BCUT2D eigenvalue weighted by Gasteiger charge is -2.08. The van der Waals surface area contributed by atoms with Gasteiger partial charge in [-0.2, -0.15) is 8.78 Å². The van der Waals surface area contributed by atoms with Crippen molar-refractivity contribution in [3.8, 4) is 22.6 Å². The van der Waals surface area contributed by atoms with Gasteiger partial charge in [0.05, 0.1) is 0 Å². The van der Waals surface area contributed by atoms with E-state index in [1.807, 2.05) is 18.2 Å².